The van der Waals surface area contributed by atoms with Crippen molar-refractivity contribution in [3.05, 3.63) is 0 Å². The van der Waals surface area contributed by atoms with Gasteiger partial charge < -0.3 is 15.1 Å². The molecule has 2 atom stereocenters. The van der Waals surface area contributed by atoms with E-state index in [1.807, 2.05) is 0 Å². The molecule has 15 heavy (non-hydrogen) atoms. The molecular weight excluding hydrogens is 194 g/mol. The molecule has 1 unspecified atom stereocenters. The van der Waals surface area contributed by atoms with Crippen LogP contribution in [0.1, 0.15) is 32.1 Å². The molecule has 1 aliphatic heterocycles. The van der Waals surface area contributed by atoms with Gasteiger partial charge in [0.05, 0.1) is 12.6 Å². The maximum Gasteiger partial charge on any atom is 0.407 e. The van der Waals surface area contributed by atoms with Gasteiger partial charge in [-0.3, -0.25) is 0 Å². The molecular formula is C11H19NO3. The van der Waals surface area contributed by atoms with E-state index in [4.69, 9.17) is 10.2 Å². The number of amides is 1. The van der Waals surface area contributed by atoms with Gasteiger partial charge in [-0.1, -0.05) is 25.7 Å². The lowest BCUT2D eigenvalue weighted by molar-refractivity contribution is 0.117. The molecule has 1 saturated heterocycles. The van der Waals surface area contributed by atoms with Crippen LogP contribution < -0.4 is 0 Å². The Bertz CT molecular complexity index is 238. The molecule has 0 bridgehead atoms. The number of rotatable bonds is 2. The topological polar surface area (TPSA) is 60.8 Å². The normalized spacial score (nSPS) is 32.5. The lowest BCUT2D eigenvalue weighted by Gasteiger charge is -2.19. The second kappa shape index (κ2) is 4.39. The van der Waals surface area contributed by atoms with Crippen LogP contribution in [0.2, 0.25) is 0 Å². The summed E-state index contributed by atoms with van der Waals surface area (Å²) in [5.74, 6) is 1.18. The van der Waals surface area contributed by atoms with E-state index < -0.39 is 6.09 Å². The van der Waals surface area contributed by atoms with Crippen LogP contribution in [0.5, 0.6) is 0 Å². The van der Waals surface area contributed by atoms with Gasteiger partial charge in [0, 0.05) is 6.54 Å². The molecule has 0 aromatic carbocycles. The number of hydrogen-bond acceptors (Lipinski definition) is 2. The third kappa shape index (κ3) is 2.09. The van der Waals surface area contributed by atoms with Crippen molar-refractivity contribution in [2.24, 2.45) is 11.8 Å². The monoisotopic (exact) mass is 213 g/mol. The maximum atomic E-state index is 10.9. The quantitative estimate of drug-likeness (QED) is 0.731. The molecule has 4 heteroatoms. The summed E-state index contributed by atoms with van der Waals surface area (Å²) in [4.78, 5) is 12.4. The standard InChI is InChI=1S/C11H19NO3/c13-7-10-5-9(6-12(10)11(14)15)8-3-1-2-4-8/h8-10,13H,1-7H2,(H,14,15)/t9?,10-/m0/s1. The summed E-state index contributed by atoms with van der Waals surface area (Å²) < 4.78 is 0. The molecule has 1 aliphatic carbocycles. The molecule has 2 N–H and O–H groups in total. The molecule has 1 saturated carbocycles. The van der Waals surface area contributed by atoms with Gasteiger partial charge in [-0.2, -0.15) is 0 Å². The van der Waals surface area contributed by atoms with E-state index >= 15 is 0 Å². The summed E-state index contributed by atoms with van der Waals surface area (Å²) >= 11 is 0. The molecule has 1 amide bonds. The van der Waals surface area contributed by atoms with Gasteiger partial charge in [-0.05, 0) is 18.3 Å². The van der Waals surface area contributed by atoms with Gasteiger partial charge in [0.1, 0.15) is 0 Å². The molecule has 1 heterocycles. The second-order valence-electron chi connectivity index (χ2n) is 4.81. The van der Waals surface area contributed by atoms with Crippen LogP contribution in [-0.4, -0.2) is 40.4 Å². The van der Waals surface area contributed by atoms with Crippen molar-refractivity contribution in [1.29, 1.82) is 0 Å². The summed E-state index contributed by atoms with van der Waals surface area (Å²) in [6, 6.07) is -0.159. The maximum absolute atomic E-state index is 10.9. The Balaban J connectivity index is 1.97. The Morgan fingerprint density at radius 1 is 1.27 bits per heavy atom. The largest absolute Gasteiger partial charge is 0.465 e. The lowest BCUT2D eigenvalue weighted by atomic mass is 9.89. The Hall–Kier alpha value is -0.770. The third-order valence-corrected chi connectivity index (χ3v) is 3.97. The number of nitrogens with zero attached hydrogens (tertiary/aromatic N) is 1. The summed E-state index contributed by atoms with van der Waals surface area (Å²) in [6.07, 6.45) is 5.05. The average Bonchev–Trinajstić information content (AvgIpc) is 2.86. The minimum Gasteiger partial charge on any atom is -0.465 e. The smallest absolute Gasteiger partial charge is 0.407 e. The highest BCUT2D eigenvalue weighted by atomic mass is 16.4. The first kappa shape index (κ1) is 10.7. The Kier molecular flexibility index (Phi) is 3.14. The molecule has 0 aromatic rings. The summed E-state index contributed by atoms with van der Waals surface area (Å²) in [5.41, 5.74) is 0. The van der Waals surface area contributed by atoms with Crippen LogP contribution in [0.3, 0.4) is 0 Å². The fraction of sp³-hybridized carbons (Fsp3) is 0.909. The molecule has 2 aliphatic rings. The van der Waals surface area contributed by atoms with Gasteiger partial charge in [0.25, 0.3) is 0 Å². The molecule has 0 spiro atoms. The number of carbonyl (C=O) groups is 1. The summed E-state index contributed by atoms with van der Waals surface area (Å²) in [5, 5.41) is 18.1. The Labute approximate surface area is 89.9 Å². The average molecular weight is 213 g/mol. The first-order valence-electron chi connectivity index (χ1n) is 5.82. The highest BCUT2D eigenvalue weighted by Gasteiger charge is 2.39. The fourth-order valence-corrected chi connectivity index (χ4v) is 3.13. The second-order valence-corrected chi connectivity index (χ2v) is 4.81. The lowest BCUT2D eigenvalue weighted by Crippen LogP contribution is -2.36. The Morgan fingerprint density at radius 2 is 1.93 bits per heavy atom. The molecule has 2 rings (SSSR count). The number of aliphatic hydroxyl groups is 1. The van der Waals surface area contributed by atoms with Gasteiger partial charge in [-0.25, -0.2) is 4.79 Å². The van der Waals surface area contributed by atoms with E-state index in [-0.39, 0.29) is 12.6 Å². The van der Waals surface area contributed by atoms with Crippen molar-refractivity contribution in [3.8, 4) is 0 Å². The van der Waals surface area contributed by atoms with Crippen molar-refractivity contribution in [1.82, 2.24) is 4.90 Å². The van der Waals surface area contributed by atoms with Crippen LogP contribution in [0.15, 0.2) is 0 Å². The SMILES string of the molecule is O=C(O)N1CC(C2CCCC2)C[C@H]1CO. The van der Waals surface area contributed by atoms with Crippen molar-refractivity contribution < 1.29 is 15.0 Å². The molecule has 86 valence electrons. The Morgan fingerprint density at radius 3 is 2.40 bits per heavy atom. The van der Waals surface area contributed by atoms with E-state index in [0.29, 0.717) is 18.4 Å². The van der Waals surface area contributed by atoms with Crippen LogP contribution in [0.4, 0.5) is 4.79 Å². The van der Waals surface area contributed by atoms with Crippen LogP contribution in [0, 0.1) is 11.8 Å². The van der Waals surface area contributed by atoms with Gasteiger partial charge in [0.15, 0.2) is 0 Å². The summed E-state index contributed by atoms with van der Waals surface area (Å²) in [6.45, 7) is 0.598. The zero-order valence-electron chi connectivity index (χ0n) is 8.93. The zero-order valence-corrected chi connectivity index (χ0v) is 8.93. The predicted molar refractivity (Wildman–Crippen MR) is 55.7 cm³/mol. The molecule has 2 fully saturated rings. The molecule has 4 nitrogen and oxygen atoms in total. The fourth-order valence-electron chi connectivity index (χ4n) is 3.13. The van der Waals surface area contributed by atoms with E-state index in [9.17, 15) is 4.79 Å². The van der Waals surface area contributed by atoms with Crippen molar-refractivity contribution in [2.75, 3.05) is 13.2 Å². The van der Waals surface area contributed by atoms with Crippen molar-refractivity contribution >= 4 is 6.09 Å². The summed E-state index contributed by atoms with van der Waals surface area (Å²) in [7, 11) is 0. The number of hydrogen-bond donors (Lipinski definition) is 2. The number of likely N-dealkylation sites (tertiary alicyclic amines) is 1. The van der Waals surface area contributed by atoms with E-state index in [2.05, 4.69) is 0 Å². The van der Waals surface area contributed by atoms with E-state index in [1.165, 1.54) is 30.6 Å². The molecule has 0 radical (unpaired) electrons. The van der Waals surface area contributed by atoms with Crippen molar-refractivity contribution in [2.45, 2.75) is 38.1 Å². The highest BCUT2D eigenvalue weighted by Crippen LogP contribution is 2.38. The highest BCUT2D eigenvalue weighted by molar-refractivity contribution is 5.65. The van der Waals surface area contributed by atoms with Crippen LogP contribution in [0.25, 0.3) is 0 Å². The van der Waals surface area contributed by atoms with E-state index in [0.717, 1.165) is 6.42 Å². The van der Waals surface area contributed by atoms with Gasteiger partial charge in [-0.15, -0.1) is 0 Å². The molecule has 0 aromatic heterocycles. The van der Waals surface area contributed by atoms with Gasteiger partial charge in [0.2, 0.25) is 0 Å². The van der Waals surface area contributed by atoms with E-state index in [1.54, 1.807) is 0 Å². The first-order valence-corrected chi connectivity index (χ1v) is 5.82. The third-order valence-electron chi connectivity index (χ3n) is 3.97. The van der Waals surface area contributed by atoms with Gasteiger partial charge >= 0.3 is 6.09 Å². The first-order chi connectivity index (χ1) is 7.22. The zero-order chi connectivity index (χ0) is 10.8. The van der Waals surface area contributed by atoms with Crippen molar-refractivity contribution in [3.63, 3.8) is 0 Å². The van der Waals surface area contributed by atoms with Crippen LogP contribution >= 0.6 is 0 Å². The minimum atomic E-state index is -0.880. The number of aliphatic hydroxyl groups excluding tert-OH is 1. The van der Waals surface area contributed by atoms with Crippen LogP contribution in [-0.2, 0) is 0 Å². The minimum absolute atomic E-state index is 0.0322. The predicted octanol–water partition coefficient (Wildman–Crippen LogP) is 1.54. The number of carboxylic acid groups (broad SMARTS) is 1.